The Balaban J connectivity index is 1.51. The quantitative estimate of drug-likeness (QED) is 0.0462. The van der Waals surface area contributed by atoms with Gasteiger partial charge in [0.2, 0.25) is 5.90 Å². The van der Waals surface area contributed by atoms with Gasteiger partial charge in [0.1, 0.15) is 5.75 Å². The van der Waals surface area contributed by atoms with Gasteiger partial charge >= 0.3 is 0 Å². The fourth-order valence-corrected chi connectivity index (χ4v) is 5.57. The molecule has 46 heavy (non-hydrogen) atoms. The number of halogens is 1. The van der Waals surface area contributed by atoms with Gasteiger partial charge < -0.3 is 14.6 Å². The van der Waals surface area contributed by atoms with Crippen molar-refractivity contribution in [3.63, 3.8) is 0 Å². The Labute approximate surface area is 272 Å². The number of aliphatic hydroxyl groups is 1. The first-order valence-corrected chi connectivity index (χ1v) is 15.4. The van der Waals surface area contributed by atoms with Crippen molar-refractivity contribution >= 4 is 23.4 Å². The lowest BCUT2D eigenvalue weighted by Gasteiger charge is -2.31. The molecule has 5 rings (SSSR count). The van der Waals surface area contributed by atoms with Crippen LogP contribution in [0.4, 0.5) is 0 Å². The highest BCUT2D eigenvalue weighted by atomic mass is 35.5. The molecule has 1 heterocycles. The summed E-state index contributed by atoms with van der Waals surface area (Å²) in [4.78, 5) is 22.4. The van der Waals surface area contributed by atoms with Crippen LogP contribution in [0.3, 0.4) is 0 Å². The molecule has 0 bridgehead atoms. The molecule has 1 amide bonds. The molecule has 236 valence electrons. The standard InChI is InChI=1S/C35H35ClN6O4/c36-31-14-7-6-9-25(31)19-20-38-41-34(44)35(23-28-12-4-5-13-29(28)24-39-42-37)32(26-10-2-1-3-11-26)46-33(40-35)27-15-17-30(18-16-27)45-22-8-21-43/h1-7,9-18,32,38,43H,8,19-24H2,(H,41,44)/t32-,35-/m0/s1. The number of aliphatic imine (C=N–C) groups is 1. The molecule has 4 aromatic rings. The van der Waals surface area contributed by atoms with Crippen molar-refractivity contribution in [1.82, 2.24) is 10.9 Å². The molecule has 3 N–H and O–H groups in total. The molecule has 1 aliphatic heterocycles. The minimum absolute atomic E-state index is 0.0502. The van der Waals surface area contributed by atoms with Crippen molar-refractivity contribution in [3.8, 4) is 5.75 Å². The molecule has 11 heteroatoms. The lowest BCUT2D eigenvalue weighted by atomic mass is 9.81. The van der Waals surface area contributed by atoms with Crippen molar-refractivity contribution in [1.29, 1.82) is 0 Å². The third-order valence-electron chi connectivity index (χ3n) is 7.69. The van der Waals surface area contributed by atoms with Gasteiger partial charge in [0.05, 0.1) is 13.2 Å². The number of benzene rings is 4. The number of hydrogen-bond donors (Lipinski definition) is 3. The van der Waals surface area contributed by atoms with Crippen LogP contribution in [0.15, 0.2) is 113 Å². The number of nitrogens with one attached hydrogen (secondary N) is 2. The first-order chi connectivity index (χ1) is 22.5. The first kappa shape index (κ1) is 32.5. The highest BCUT2D eigenvalue weighted by Crippen LogP contribution is 2.43. The highest BCUT2D eigenvalue weighted by molar-refractivity contribution is 6.31. The van der Waals surface area contributed by atoms with Crippen molar-refractivity contribution in [3.05, 3.63) is 146 Å². The predicted molar refractivity (Wildman–Crippen MR) is 177 cm³/mol. The van der Waals surface area contributed by atoms with E-state index in [1.54, 1.807) is 0 Å². The van der Waals surface area contributed by atoms with Crippen molar-refractivity contribution < 1.29 is 19.4 Å². The van der Waals surface area contributed by atoms with Gasteiger partial charge in [-0.3, -0.25) is 10.2 Å². The number of carbonyl (C=O) groups is 1. The molecule has 0 aliphatic carbocycles. The zero-order chi connectivity index (χ0) is 32.2. The summed E-state index contributed by atoms with van der Waals surface area (Å²) in [6.07, 6.45) is 0.527. The van der Waals surface area contributed by atoms with Gasteiger partial charge in [-0.25, -0.2) is 10.4 Å². The van der Waals surface area contributed by atoms with E-state index in [-0.39, 0.29) is 25.5 Å². The summed E-state index contributed by atoms with van der Waals surface area (Å²) >= 11 is 6.34. The second-order valence-corrected chi connectivity index (χ2v) is 11.2. The molecule has 10 nitrogen and oxygen atoms in total. The summed E-state index contributed by atoms with van der Waals surface area (Å²) in [5.41, 5.74) is 17.6. The van der Waals surface area contributed by atoms with Gasteiger partial charge in [-0.2, -0.15) is 0 Å². The van der Waals surface area contributed by atoms with E-state index in [0.717, 1.165) is 22.3 Å². The molecule has 1 aliphatic rings. The second kappa shape index (κ2) is 15.9. The van der Waals surface area contributed by atoms with Gasteiger partial charge in [0, 0.05) is 41.5 Å². The Hall–Kier alpha value is -4.86. The highest BCUT2D eigenvalue weighted by Gasteiger charge is 2.53. The fourth-order valence-electron chi connectivity index (χ4n) is 5.34. The summed E-state index contributed by atoms with van der Waals surface area (Å²) < 4.78 is 12.3. The van der Waals surface area contributed by atoms with E-state index in [4.69, 9.17) is 36.7 Å². The summed E-state index contributed by atoms with van der Waals surface area (Å²) in [7, 11) is 0. The zero-order valence-electron chi connectivity index (χ0n) is 25.2. The van der Waals surface area contributed by atoms with Crippen LogP contribution in [0.5, 0.6) is 5.75 Å². The fraction of sp³-hybridized carbons (Fsp3) is 0.257. The Morgan fingerprint density at radius 1 is 0.978 bits per heavy atom. The smallest absolute Gasteiger partial charge is 0.266 e. The van der Waals surface area contributed by atoms with Gasteiger partial charge in [-0.1, -0.05) is 89.5 Å². The molecular weight excluding hydrogens is 604 g/mol. The van der Waals surface area contributed by atoms with Crippen molar-refractivity contribution in [2.75, 3.05) is 19.8 Å². The Morgan fingerprint density at radius 3 is 2.39 bits per heavy atom. The molecule has 0 aromatic heterocycles. The number of nitrogens with zero attached hydrogens (tertiary/aromatic N) is 4. The summed E-state index contributed by atoms with van der Waals surface area (Å²) in [5.74, 6) is 0.585. The SMILES string of the molecule is [N-]=[N+]=NCc1ccccc1C[C@]1(C(=O)NNCCc2ccccc2Cl)N=C(c2ccc(OCCCO)cc2)O[C@H]1c1ccccc1. The van der Waals surface area contributed by atoms with E-state index < -0.39 is 11.6 Å². The van der Waals surface area contributed by atoms with Crippen molar-refractivity contribution in [2.24, 2.45) is 10.1 Å². The monoisotopic (exact) mass is 638 g/mol. The molecular formula is C35H35ClN6O4. The summed E-state index contributed by atoms with van der Waals surface area (Å²) in [5, 5.41) is 13.5. The van der Waals surface area contributed by atoms with E-state index in [9.17, 15) is 4.79 Å². The molecule has 4 aromatic carbocycles. The number of ether oxygens (including phenoxy) is 2. The van der Waals surface area contributed by atoms with Crippen LogP contribution in [-0.4, -0.2) is 42.2 Å². The number of azide groups is 1. The van der Waals surface area contributed by atoms with E-state index in [2.05, 4.69) is 20.9 Å². The number of carbonyl (C=O) groups excluding carboxylic acids is 1. The van der Waals surface area contributed by atoms with Crippen LogP contribution in [-0.2, 0) is 28.9 Å². The summed E-state index contributed by atoms with van der Waals surface area (Å²) in [6, 6.07) is 31.9. The van der Waals surface area contributed by atoms with Crippen LogP contribution < -0.4 is 15.6 Å². The molecule has 0 spiro atoms. The number of amides is 1. The van der Waals surface area contributed by atoms with Crippen LogP contribution in [0.2, 0.25) is 5.02 Å². The molecule has 0 radical (unpaired) electrons. The minimum Gasteiger partial charge on any atom is -0.494 e. The van der Waals surface area contributed by atoms with Crippen LogP contribution in [0.25, 0.3) is 10.4 Å². The number of rotatable bonds is 15. The molecule has 0 unspecified atom stereocenters. The second-order valence-electron chi connectivity index (χ2n) is 10.8. The average Bonchev–Trinajstić information content (AvgIpc) is 3.48. The van der Waals surface area contributed by atoms with Crippen LogP contribution in [0.1, 0.15) is 40.3 Å². The minimum atomic E-state index is -1.43. The molecule has 0 saturated heterocycles. The molecule has 0 fully saturated rings. The van der Waals surface area contributed by atoms with E-state index in [1.165, 1.54) is 0 Å². The molecule has 2 atom stereocenters. The summed E-state index contributed by atoms with van der Waals surface area (Å²) in [6.45, 7) is 1.01. The van der Waals surface area contributed by atoms with E-state index >= 15 is 0 Å². The van der Waals surface area contributed by atoms with Crippen molar-refractivity contribution in [2.45, 2.75) is 37.5 Å². The Morgan fingerprint density at radius 2 is 1.67 bits per heavy atom. The number of aliphatic hydroxyl groups excluding tert-OH is 1. The molecule has 0 saturated carbocycles. The Bertz CT molecular complexity index is 1700. The number of hydrazine groups is 1. The van der Waals surface area contributed by atoms with Crippen LogP contribution in [0, 0.1) is 0 Å². The predicted octanol–water partition coefficient (Wildman–Crippen LogP) is 6.27. The third kappa shape index (κ3) is 7.85. The van der Waals surface area contributed by atoms with Gasteiger partial charge in [0.15, 0.2) is 11.6 Å². The van der Waals surface area contributed by atoms with E-state index in [1.807, 2.05) is 103 Å². The maximum absolute atomic E-state index is 14.4. The Kier molecular flexibility index (Phi) is 11.3. The van der Waals surface area contributed by atoms with Gasteiger partial charge in [-0.05, 0) is 64.5 Å². The largest absolute Gasteiger partial charge is 0.494 e. The average molecular weight is 639 g/mol. The van der Waals surface area contributed by atoms with Gasteiger partial charge in [-0.15, -0.1) is 0 Å². The van der Waals surface area contributed by atoms with E-state index in [0.29, 0.717) is 48.2 Å². The van der Waals surface area contributed by atoms with Crippen LogP contribution >= 0.6 is 11.6 Å². The third-order valence-corrected chi connectivity index (χ3v) is 8.06. The van der Waals surface area contributed by atoms with Gasteiger partial charge in [0.25, 0.3) is 5.91 Å². The normalized spacial score (nSPS) is 17.0. The lowest BCUT2D eigenvalue weighted by Crippen LogP contribution is -2.54. The number of hydrogen-bond acceptors (Lipinski definition) is 7. The first-order valence-electron chi connectivity index (χ1n) is 15.0. The lowest BCUT2D eigenvalue weighted by molar-refractivity contribution is -0.130. The topological polar surface area (TPSA) is 141 Å². The maximum atomic E-state index is 14.4. The maximum Gasteiger partial charge on any atom is 0.266 e. The zero-order valence-corrected chi connectivity index (χ0v) is 25.9.